The summed E-state index contributed by atoms with van der Waals surface area (Å²) in [5.74, 6) is -0.101. The summed E-state index contributed by atoms with van der Waals surface area (Å²) in [5, 5.41) is 2.30. The predicted octanol–water partition coefficient (Wildman–Crippen LogP) is 0.876. The van der Waals surface area contributed by atoms with Gasteiger partial charge in [0, 0.05) is 26.3 Å². The predicted molar refractivity (Wildman–Crippen MR) is 64.1 cm³/mol. The number of amides is 3. The quantitative estimate of drug-likeness (QED) is 0.580. The second-order valence-electron chi connectivity index (χ2n) is 3.75. The van der Waals surface area contributed by atoms with E-state index in [0.29, 0.717) is 19.3 Å². The third-order valence-electron chi connectivity index (χ3n) is 2.21. The Morgan fingerprint density at radius 3 is 2.18 bits per heavy atom. The fraction of sp³-hybridized carbons (Fsp3) is 0.727. The van der Waals surface area contributed by atoms with Crippen LogP contribution < -0.4 is 16.2 Å². The van der Waals surface area contributed by atoms with Crippen molar-refractivity contribution in [3.05, 3.63) is 0 Å². The molecule has 0 aliphatic rings. The van der Waals surface area contributed by atoms with Gasteiger partial charge in [-0.3, -0.25) is 15.0 Å². The zero-order valence-electron chi connectivity index (χ0n) is 10.5. The number of nitrogens with one attached hydrogen (secondary N) is 3. The van der Waals surface area contributed by atoms with Crippen LogP contribution in [-0.2, 0) is 9.59 Å². The molecule has 0 fully saturated rings. The van der Waals surface area contributed by atoms with Crippen LogP contribution in [0.15, 0.2) is 0 Å². The van der Waals surface area contributed by atoms with Gasteiger partial charge in [-0.15, -0.1) is 0 Å². The highest BCUT2D eigenvalue weighted by molar-refractivity contribution is 5.82. The summed E-state index contributed by atoms with van der Waals surface area (Å²) in [6, 6.07) is -0.475. The van der Waals surface area contributed by atoms with Crippen LogP contribution in [0.4, 0.5) is 4.79 Å². The van der Waals surface area contributed by atoms with E-state index >= 15 is 0 Å². The molecular formula is C11H21N3O3. The molecule has 0 saturated heterocycles. The summed E-state index contributed by atoms with van der Waals surface area (Å²) in [4.78, 5) is 33.2. The minimum absolute atomic E-state index is 0.193. The zero-order valence-corrected chi connectivity index (χ0v) is 10.5. The molecule has 6 heteroatoms. The lowest BCUT2D eigenvalue weighted by atomic mass is 10.1. The summed E-state index contributed by atoms with van der Waals surface area (Å²) >= 11 is 0. The summed E-state index contributed by atoms with van der Waals surface area (Å²) < 4.78 is 0. The van der Waals surface area contributed by atoms with Gasteiger partial charge in [-0.2, -0.15) is 0 Å². The van der Waals surface area contributed by atoms with E-state index in [1.165, 1.54) is 7.05 Å². The first-order chi connectivity index (χ1) is 8.10. The molecule has 0 heterocycles. The Morgan fingerprint density at radius 1 is 0.941 bits per heavy atom. The number of hydrazine groups is 1. The van der Waals surface area contributed by atoms with Crippen molar-refractivity contribution in [1.82, 2.24) is 16.2 Å². The number of hydrogen-bond donors (Lipinski definition) is 3. The topological polar surface area (TPSA) is 87.3 Å². The number of Topliss-reactive ketones (excluding diaryl/α,β-unsaturated/α-hetero) is 1. The Labute approximate surface area is 101 Å². The van der Waals surface area contributed by atoms with Crippen molar-refractivity contribution in [1.29, 1.82) is 0 Å². The van der Waals surface area contributed by atoms with Crippen LogP contribution in [0.3, 0.4) is 0 Å². The molecule has 0 aliphatic heterocycles. The van der Waals surface area contributed by atoms with Crippen LogP contribution in [0.1, 0.15) is 45.4 Å². The molecule has 0 saturated carbocycles. The maximum Gasteiger partial charge on any atom is 0.333 e. The van der Waals surface area contributed by atoms with Gasteiger partial charge in [0.2, 0.25) is 5.91 Å². The van der Waals surface area contributed by atoms with Gasteiger partial charge in [0.25, 0.3) is 0 Å². The molecule has 0 bridgehead atoms. The Balaban J connectivity index is 3.50. The van der Waals surface area contributed by atoms with E-state index in [1.54, 1.807) is 0 Å². The minimum atomic E-state index is -0.475. The summed E-state index contributed by atoms with van der Waals surface area (Å²) in [7, 11) is 1.45. The van der Waals surface area contributed by atoms with Gasteiger partial charge in [0.15, 0.2) is 0 Å². The molecule has 6 nitrogen and oxygen atoms in total. The van der Waals surface area contributed by atoms with Gasteiger partial charge in [-0.1, -0.05) is 13.3 Å². The third kappa shape index (κ3) is 9.35. The van der Waals surface area contributed by atoms with Crippen LogP contribution in [0.5, 0.6) is 0 Å². The van der Waals surface area contributed by atoms with E-state index in [1.807, 2.05) is 6.92 Å². The highest BCUT2D eigenvalue weighted by Crippen LogP contribution is 2.03. The van der Waals surface area contributed by atoms with Gasteiger partial charge < -0.3 is 5.32 Å². The zero-order chi connectivity index (χ0) is 13.1. The normalized spacial score (nSPS) is 9.53. The number of urea groups is 1. The maximum atomic E-state index is 11.3. The number of hydrogen-bond acceptors (Lipinski definition) is 3. The SMILES string of the molecule is CCCCC(=O)CCCC(=O)NNC(=O)NC. The van der Waals surface area contributed by atoms with Gasteiger partial charge in [0.1, 0.15) is 5.78 Å². The van der Waals surface area contributed by atoms with Crippen molar-refractivity contribution in [2.75, 3.05) is 7.05 Å². The van der Waals surface area contributed by atoms with Crippen LogP contribution >= 0.6 is 0 Å². The van der Waals surface area contributed by atoms with Crippen LogP contribution in [0.2, 0.25) is 0 Å². The smallest absolute Gasteiger partial charge is 0.333 e. The van der Waals surface area contributed by atoms with E-state index in [0.717, 1.165) is 12.8 Å². The van der Waals surface area contributed by atoms with E-state index in [4.69, 9.17) is 0 Å². The van der Waals surface area contributed by atoms with Crippen molar-refractivity contribution in [3.63, 3.8) is 0 Å². The average Bonchev–Trinajstić information content (AvgIpc) is 2.33. The highest BCUT2D eigenvalue weighted by Gasteiger charge is 2.05. The van der Waals surface area contributed by atoms with E-state index in [9.17, 15) is 14.4 Å². The molecule has 0 aromatic rings. The van der Waals surface area contributed by atoms with Crippen LogP contribution in [-0.4, -0.2) is 24.8 Å². The van der Waals surface area contributed by atoms with Crippen molar-refractivity contribution in [2.24, 2.45) is 0 Å². The molecule has 0 aromatic heterocycles. The fourth-order valence-electron chi connectivity index (χ4n) is 1.20. The Hall–Kier alpha value is -1.59. The number of carbonyl (C=O) groups is 3. The van der Waals surface area contributed by atoms with Crippen LogP contribution in [0, 0.1) is 0 Å². The fourth-order valence-corrected chi connectivity index (χ4v) is 1.20. The van der Waals surface area contributed by atoms with Gasteiger partial charge in [-0.25, -0.2) is 10.2 Å². The molecule has 0 unspecified atom stereocenters. The lowest BCUT2D eigenvalue weighted by Crippen LogP contribution is -2.45. The second-order valence-corrected chi connectivity index (χ2v) is 3.75. The molecule has 3 N–H and O–H groups in total. The standard InChI is InChI=1S/C11H21N3O3/c1-3-4-6-9(15)7-5-8-10(16)13-14-11(17)12-2/h3-8H2,1-2H3,(H,13,16)(H2,12,14,17). The molecule has 0 atom stereocenters. The average molecular weight is 243 g/mol. The third-order valence-corrected chi connectivity index (χ3v) is 2.21. The monoisotopic (exact) mass is 243 g/mol. The minimum Gasteiger partial charge on any atom is -0.340 e. The summed E-state index contributed by atoms with van der Waals surface area (Å²) in [6.07, 6.45) is 3.68. The lowest BCUT2D eigenvalue weighted by Gasteiger charge is -2.06. The first-order valence-electron chi connectivity index (χ1n) is 5.88. The van der Waals surface area contributed by atoms with Crippen molar-refractivity contribution in [3.8, 4) is 0 Å². The van der Waals surface area contributed by atoms with Crippen molar-refractivity contribution >= 4 is 17.7 Å². The van der Waals surface area contributed by atoms with Crippen molar-refractivity contribution < 1.29 is 14.4 Å². The molecule has 0 radical (unpaired) electrons. The van der Waals surface area contributed by atoms with E-state index in [2.05, 4.69) is 16.2 Å². The van der Waals surface area contributed by atoms with Gasteiger partial charge >= 0.3 is 6.03 Å². The van der Waals surface area contributed by atoms with E-state index < -0.39 is 6.03 Å². The second kappa shape index (κ2) is 9.62. The van der Waals surface area contributed by atoms with Crippen LogP contribution in [0.25, 0.3) is 0 Å². The maximum absolute atomic E-state index is 11.3. The van der Waals surface area contributed by atoms with E-state index in [-0.39, 0.29) is 18.1 Å². The van der Waals surface area contributed by atoms with Gasteiger partial charge in [-0.05, 0) is 12.8 Å². The number of unbranched alkanes of at least 4 members (excludes halogenated alkanes) is 1. The molecular weight excluding hydrogens is 222 g/mol. The highest BCUT2D eigenvalue weighted by atomic mass is 16.2. The number of ketones is 1. The number of rotatable bonds is 7. The molecule has 0 rings (SSSR count). The first kappa shape index (κ1) is 15.4. The Kier molecular flexibility index (Phi) is 8.72. The molecule has 3 amide bonds. The molecule has 0 spiro atoms. The molecule has 0 aromatic carbocycles. The number of carbonyl (C=O) groups excluding carboxylic acids is 3. The molecule has 98 valence electrons. The largest absolute Gasteiger partial charge is 0.340 e. The Bertz CT molecular complexity index is 267. The Morgan fingerprint density at radius 2 is 1.59 bits per heavy atom. The lowest BCUT2D eigenvalue weighted by molar-refractivity contribution is -0.122. The summed E-state index contributed by atoms with van der Waals surface area (Å²) in [6.45, 7) is 2.03. The van der Waals surface area contributed by atoms with Crippen molar-refractivity contribution in [2.45, 2.75) is 45.4 Å². The molecule has 0 aliphatic carbocycles. The first-order valence-corrected chi connectivity index (χ1v) is 5.88. The molecule has 17 heavy (non-hydrogen) atoms. The summed E-state index contributed by atoms with van der Waals surface area (Å²) in [5.41, 5.74) is 4.41. The van der Waals surface area contributed by atoms with Gasteiger partial charge in [0.05, 0.1) is 0 Å².